The first-order valence-electron chi connectivity index (χ1n) is 13.4. The van der Waals surface area contributed by atoms with Gasteiger partial charge in [-0.15, -0.1) is 0 Å². The van der Waals surface area contributed by atoms with Crippen LogP contribution in [0.4, 0.5) is 18.9 Å². The molecular weight excluding hydrogens is 607 g/mol. The average molecular weight is 640 g/mol. The highest BCUT2D eigenvalue weighted by atomic mass is 35.5. The highest BCUT2D eigenvalue weighted by molar-refractivity contribution is 7.92. The molecule has 0 heterocycles. The molecule has 0 fully saturated rings. The standard InChI is InChI=1S/C30H33ClF3N3O5S/c1-5-20(2)35-29(39)21(3)36(18-22-10-9-11-24(16-22)42-4)28(38)19-37(43(40,41)25-12-7-6-8-13-25)27-17-23(30(32,33)34)14-15-26(27)31/h6-17,20-21H,5,18-19H2,1-4H3,(H,35,39)/t20-,21+/m1/s1. The minimum Gasteiger partial charge on any atom is -0.497 e. The number of halogens is 4. The molecule has 3 aromatic rings. The van der Waals surface area contributed by atoms with Crippen molar-refractivity contribution in [1.29, 1.82) is 0 Å². The van der Waals surface area contributed by atoms with E-state index in [0.717, 1.165) is 12.1 Å². The Balaban J connectivity index is 2.13. The molecule has 0 radical (unpaired) electrons. The van der Waals surface area contributed by atoms with Gasteiger partial charge in [-0.1, -0.05) is 48.9 Å². The molecule has 2 amide bonds. The molecule has 1 N–H and O–H groups in total. The number of hydrogen-bond acceptors (Lipinski definition) is 5. The van der Waals surface area contributed by atoms with Gasteiger partial charge < -0.3 is 15.0 Å². The van der Waals surface area contributed by atoms with E-state index in [9.17, 15) is 31.2 Å². The Labute approximate surface area is 254 Å². The van der Waals surface area contributed by atoms with Crippen LogP contribution in [0.3, 0.4) is 0 Å². The van der Waals surface area contributed by atoms with E-state index in [1.807, 2.05) is 6.92 Å². The summed E-state index contributed by atoms with van der Waals surface area (Å²) in [6.07, 6.45) is -4.19. The van der Waals surface area contributed by atoms with E-state index in [-0.39, 0.29) is 22.5 Å². The molecule has 3 aromatic carbocycles. The van der Waals surface area contributed by atoms with Crippen molar-refractivity contribution in [2.24, 2.45) is 0 Å². The van der Waals surface area contributed by atoms with Gasteiger partial charge in [-0.25, -0.2) is 8.42 Å². The minimum absolute atomic E-state index is 0.124. The number of nitrogens with zero attached hydrogens (tertiary/aromatic N) is 2. The predicted molar refractivity (Wildman–Crippen MR) is 158 cm³/mol. The number of anilines is 1. The van der Waals surface area contributed by atoms with Crippen LogP contribution in [0.2, 0.25) is 5.02 Å². The van der Waals surface area contributed by atoms with Crippen LogP contribution < -0.4 is 14.4 Å². The second-order valence-corrected chi connectivity index (χ2v) is 12.1. The normalized spacial score (nSPS) is 13.1. The minimum atomic E-state index is -4.81. The first-order chi connectivity index (χ1) is 20.2. The quantitative estimate of drug-likeness (QED) is 0.267. The summed E-state index contributed by atoms with van der Waals surface area (Å²) in [4.78, 5) is 28.1. The molecular formula is C30H33ClF3N3O5S. The van der Waals surface area contributed by atoms with E-state index in [1.54, 1.807) is 37.3 Å². The summed E-state index contributed by atoms with van der Waals surface area (Å²) in [6, 6.07) is 14.6. The Morgan fingerprint density at radius 1 is 1.00 bits per heavy atom. The molecule has 232 valence electrons. The molecule has 43 heavy (non-hydrogen) atoms. The van der Waals surface area contributed by atoms with E-state index in [0.29, 0.717) is 28.1 Å². The van der Waals surface area contributed by atoms with Gasteiger partial charge in [0.15, 0.2) is 0 Å². The molecule has 3 rings (SSSR count). The number of amides is 2. The van der Waals surface area contributed by atoms with E-state index in [4.69, 9.17) is 16.3 Å². The van der Waals surface area contributed by atoms with Gasteiger partial charge in [-0.2, -0.15) is 13.2 Å². The first kappa shape index (κ1) is 33.7. The largest absolute Gasteiger partial charge is 0.497 e. The number of carbonyl (C=O) groups is 2. The fourth-order valence-corrected chi connectivity index (χ4v) is 5.84. The van der Waals surface area contributed by atoms with Crippen molar-refractivity contribution in [3.05, 3.63) is 88.9 Å². The van der Waals surface area contributed by atoms with Gasteiger partial charge in [-0.05, 0) is 68.3 Å². The lowest BCUT2D eigenvalue weighted by molar-refractivity contribution is -0.139. The van der Waals surface area contributed by atoms with Crippen LogP contribution in [0.1, 0.15) is 38.3 Å². The summed E-state index contributed by atoms with van der Waals surface area (Å²) < 4.78 is 74.5. The summed E-state index contributed by atoms with van der Waals surface area (Å²) >= 11 is 6.27. The molecule has 2 atom stereocenters. The van der Waals surface area contributed by atoms with Crippen LogP contribution in [-0.4, -0.2) is 50.9 Å². The topological polar surface area (TPSA) is 96.0 Å². The zero-order chi connectivity index (χ0) is 31.9. The van der Waals surface area contributed by atoms with Crippen molar-refractivity contribution in [3.8, 4) is 5.75 Å². The lowest BCUT2D eigenvalue weighted by Crippen LogP contribution is -2.52. The van der Waals surface area contributed by atoms with Gasteiger partial charge >= 0.3 is 6.18 Å². The van der Waals surface area contributed by atoms with Crippen molar-refractivity contribution >= 4 is 39.1 Å². The van der Waals surface area contributed by atoms with E-state index < -0.39 is 51.9 Å². The smallest absolute Gasteiger partial charge is 0.416 e. The number of alkyl halides is 3. The van der Waals surface area contributed by atoms with Crippen LogP contribution in [0.15, 0.2) is 77.7 Å². The van der Waals surface area contributed by atoms with Crippen LogP contribution in [0, 0.1) is 0 Å². The number of nitrogens with one attached hydrogen (secondary N) is 1. The van der Waals surface area contributed by atoms with Crippen LogP contribution in [0.5, 0.6) is 5.75 Å². The van der Waals surface area contributed by atoms with E-state index in [2.05, 4.69) is 5.32 Å². The van der Waals surface area contributed by atoms with Crippen LogP contribution in [0.25, 0.3) is 0 Å². The van der Waals surface area contributed by atoms with Gasteiger partial charge in [0.2, 0.25) is 11.8 Å². The van der Waals surface area contributed by atoms with Crippen LogP contribution in [-0.2, 0) is 32.3 Å². The Morgan fingerprint density at radius 3 is 2.28 bits per heavy atom. The lowest BCUT2D eigenvalue weighted by atomic mass is 10.1. The number of benzene rings is 3. The molecule has 0 bridgehead atoms. The summed E-state index contributed by atoms with van der Waals surface area (Å²) in [5, 5.41) is 2.49. The van der Waals surface area contributed by atoms with Gasteiger partial charge in [-0.3, -0.25) is 13.9 Å². The maximum atomic E-state index is 14.0. The van der Waals surface area contributed by atoms with E-state index in [1.165, 1.54) is 43.2 Å². The molecule has 13 heteroatoms. The zero-order valence-corrected chi connectivity index (χ0v) is 25.6. The Bertz CT molecular complexity index is 1540. The molecule has 0 saturated heterocycles. The Kier molecular flexibility index (Phi) is 11.1. The molecule has 0 unspecified atom stereocenters. The third-order valence-electron chi connectivity index (χ3n) is 6.81. The summed E-state index contributed by atoms with van der Waals surface area (Å²) in [5.41, 5.74) is -1.11. The fraction of sp³-hybridized carbons (Fsp3) is 0.333. The van der Waals surface area contributed by atoms with Gasteiger partial charge in [0.25, 0.3) is 10.0 Å². The third-order valence-corrected chi connectivity index (χ3v) is 8.90. The average Bonchev–Trinajstić information content (AvgIpc) is 2.98. The summed E-state index contributed by atoms with van der Waals surface area (Å²) in [7, 11) is -3.14. The molecule has 0 spiro atoms. The van der Waals surface area contributed by atoms with Gasteiger partial charge in [0.1, 0.15) is 18.3 Å². The molecule has 0 aliphatic heterocycles. The number of sulfonamides is 1. The Morgan fingerprint density at radius 2 is 1.67 bits per heavy atom. The first-order valence-corrected chi connectivity index (χ1v) is 15.2. The second kappa shape index (κ2) is 14.1. The fourth-order valence-electron chi connectivity index (χ4n) is 4.13. The van der Waals surface area contributed by atoms with Gasteiger partial charge in [0.05, 0.1) is 28.3 Å². The highest BCUT2D eigenvalue weighted by Gasteiger charge is 2.36. The molecule has 0 aromatic heterocycles. The molecule has 0 aliphatic carbocycles. The molecule has 8 nitrogen and oxygen atoms in total. The number of ether oxygens (including phenoxy) is 1. The number of hydrogen-bond donors (Lipinski definition) is 1. The van der Waals surface area contributed by atoms with Crippen molar-refractivity contribution in [2.45, 2.75) is 56.9 Å². The molecule has 0 saturated carbocycles. The number of rotatable bonds is 12. The zero-order valence-electron chi connectivity index (χ0n) is 24.1. The van der Waals surface area contributed by atoms with Crippen molar-refractivity contribution in [2.75, 3.05) is 18.0 Å². The summed E-state index contributed by atoms with van der Waals surface area (Å²) in [5.74, 6) is -0.839. The maximum Gasteiger partial charge on any atom is 0.416 e. The highest BCUT2D eigenvalue weighted by Crippen LogP contribution is 2.37. The monoisotopic (exact) mass is 639 g/mol. The van der Waals surface area contributed by atoms with Crippen molar-refractivity contribution in [1.82, 2.24) is 10.2 Å². The SMILES string of the molecule is CC[C@@H](C)NC(=O)[C@H](C)N(Cc1cccc(OC)c1)C(=O)CN(c1cc(C(F)(F)F)ccc1Cl)S(=O)(=O)c1ccccc1. The van der Waals surface area contributed by atoms with Crippen molar-refractivity contribution < 1.29 is 35.9 Å². The lowest BCUT2D eigenvalue weighted by Gasteiger charge is -2.33. The number of methoxy groups -OCH3 is 1. The second-order valence-electron chi connectivity index (χ2n) is 9.86. The maximum absolute atomic E-state index is 14.0. The third kappa shape index (κ3) is 8.41. The van der Waals surface area contributed by atoms with E-state index >= 15 is 0 Å². The predicted octanol–water partition coefficient (Wildman–Crippen LogP) is 5.89. The summed E-state index contributed by atoms with van der Waals surface area (Å²) in [6.45, 7) is 4.09. The molecule has 0 aliphatic rings. The van der Waals surface area contributed by atoms with Crippen LogP contribution >= 0.6 is 11.6 Å². The van der Waals surface area contributed by atoms with Gasteiger partial charge in [0, 0.05) is 12.6 Å². The number of carbonyl (C=O) groups excluding carboxylic acids is 2. The Hall–Kier alpha value is -3.77. The van der Waals surface area contributed by atoms with Crippen molar-refractivity contribution in [3.63, 3.8) is 0 Å².